The molecule has 2 aliphatic heterocycles. The Morgan fingerprint density at radius 1 is 1.32 bits per heavy atom. The van der Waals surface area contributed by atoms with Crippen molar-refractivity contribution in [1.29, 1.82) is 0 Å². The molecule has 19 heavy (non-hydrogen) atoms. The van der Waals surface area contributed by atoms with E-state index in [-0.39, 0.29) is 11.9 Å². The van der Waals surface area contributed by atoms with E-state index in [9.17, 15) is 4.79 Å². The molecule has 0 spiro atoms. The number of esters is 1. The van der Waals surface area contributed by atoms with Crippen LogP contribution in [0.2, 0.25) is 0 Å². The van der Waals surface area contributed by atoms with Crippen LogP contribution in [-0.4, -0.2) is 50.7 Å². The maximum Gasteiger partial charge on any atom is 0.309 e. The van der Waals surface area contributed by atoms with E-state index in [1.165, 1.54) is 52.4 Å². The van der Waals surface area contributed by atoms with Crippen molar-refractivity contribution >= 4 is 5.97 Å². The van der Waals surface area contributed by atoms with Gasteiger partial charge in [0.2, 0.25) is 0 Å². The highest BCUT2D eigenvalue weighted by atomic mass is 16.5. The first kappa shape index (κ1) is 14.8. The smallest absolute Gasteiger partial charge is 0.309 e. The maximum absolute atomic E-state index is 11.5. The molecule has 2 heterocycles. The molecule has 1 unspecified atom stereocenters. The zero-order valence-electron chi connectivity index (χ0n) is 12.4. The Balaban J connectivity index is 1.81. The van der Waals surface area contributed by atoms with E-state index >= 15 is 0 Å². The standard InChI is InChI=1S/C15H28N2O2/c1-12(15(18)19-2)10-17-9-3-4-14(11-17)13-5-7-16-8-6-13/h12-14,16H,3-11H2,1-2H3/t12?,14-/m0/s1. The second-order valence-corrected chi connectivity index (χ2v) is 6.17. The summed E-state index contributed by atoms with van der Waals surface area (Å²) in [7, 11) is 1.48. The third-order valence-electron chi connectivity index (χ3n) is 4.73. The average Bonchev–Trinajstić information content (AvgIpc) is 2.47. The first-order chi connectivity index (χ1) is 9.20. The highest BCUT2D eigenvalue weighted by molar-refractivity contribution is 5.72. The molecule has 2 aliphatic rings. The van der Waals surface area contributed by atoms with Gasteiger partial charge >= 0.3 is 5.97 Å². The lowest BCUT2D eigenvalue weighted by molar-refractivity contribution is -0.145. The fraction of sp³-hybridized carbons (Fsp3) is 0.933. The van der Waals surface area contributed by atoms with Crippen LogP contribution in [0.5, 0.6) is 0 Å². The second-order valence-electron chi connectivity index (χ2n) is 6.17. The van der Waals surface area contributed by atoms with Crippen molar-refractivity contribution in [2.75, 3.05) is 39.8 Å². The van der Waals surface area contributed by atoms with Crippen LogP contribution in [0, 0.1) is 17.8 Å². The first-order valence-electron chi connectivity index (χ1n) is 7.71. The minimum atomic E-state index is -0.0796. The van der Waals surface area contributed by atoms with Crippen LogP contribution in [0.15, 0.2) is 0 Å². The van der Waals surface area contributed by atoms with Crippen molar-refractivity contribution in [3.05, 3.63) is 0 Å². The summed E-state index contributed by atoms with van der Waals surface area (Å²) in [5, 5.41) is 3.44. The molecule has 2 rings (SSSR count). The van der Waals surface area contributed by atoms with E-state index in [4.69, 9.17) is 4.74 Å². The van der Waals surface area contributed by atoms with Crippen LogP contribution < -0.4 is 5.32 Å². The third-order valence-corrected chi connectivity index (χ3v) is 4.73. The predicted octanol–water partition coefficient (Wildman–Crippen LogP) is 1.51. The number of nitrogens with zero attached hydrogens (tertiary/aromatic N) is 1. The predicted molar refractivity (Wildman–Crippen MR) is 75.9 cm³/mol. The molecule has 4 nitrogen and oxygen atoms in total. The van der Waals surface area contributed by atoms with Gasteiger partial charge in [-0.3, -0.25) is 4.79 Å². The molecule has 0 aliphatic carbocycles. The molecule has 0 aromatic heterocycles. The molecule has 110 valence electrons. The molecule has 2 atom stereocenters. The zero-order chi connectivity index (χ0) is 13.7. The molecule has 1 N–H and O–H groups in total. The van der Waals surface area contributed by atoms with E-state index in [1.807, 2.05) is 6.92 Å². The Morgan fingerprint density at radius 3 is 2.74 bits per heavy atom. The molecular weight excluding hydrogens is 240 g/mol. The summed E-state index contributed by atoms with van der Waals surface area (Å²) in [5.41, 5.74) is 0. The summed E-state index contributed by atoms with van der Waals surface area (Å²) >= 11 is 0. The van der Waals surface area contributed by atoms with Gasteiger partial charge in [-0.2, -0.15) is 0 Å². The quantitative estimate of drug-likeness (QED) is 0.785. The van der Waals surface area contributed by atoms with Crippen LogP contribution in [0.1, 0.15) is 32.6 Å². The van der Waals surface area contributed by atoms with Crippen LogP contribution in [-0.2, 0) is 9.53 Å². The van der Waals surface area contributed by atoms with Gasteiger partial charge in [-0.15, -0.1) is 0 Å². The number of nitrogens with one attached hydrogen (secondary N) is 1. The molecule has 0 bridgehead atoms. The summed E-state index contributed by atoms with van der Waals surface area (Å²) in [5.74, 6) is 1.64. The van der Waals surface area contributed by atoms with Crippen molar-refractivity contribution < 1.29 is 9.53 Å². The largest absolute Gasteiger partial charge is 0.469 e. The van der Waals surface area contributed by atoms with Gasteiger partial charge in [-0.25, -0.2) is 0 Å². The molecule has 0 saturated carbocycles. The number of rotatable bonds is 4. The number of carbonyl (C=O) groups excluding carboxylic acids is 1. The van der Waals surface area contributed by atoms with Crippen molar-refractivity contribution in [2.45, 2.75) is 32.6 Å². The summed E-state index contributed by atoms with van der Waals surface area (Å²) < 4.78 is 4.82. The number of hydrogen-bond donors (Lipinski definition) is 1. The van der Waals surface area contributed by atoms with E-state index in [0.29, 0.717) is 0 Å². The lowest BCUT2D eigenvalue weighted by Gasteiger charge is -2.39. The molecule has 0 aromatic carbocycles. The number of methoxy groups -OCH3 is 1. The lowest BCUT2D eigenvalue weighted by atomic mass is 9.80. The normalized spacial score (nSPS) is 28.0. The topological polar surface area (TPSA) is 41.6 Å². The first-order valence-corrected chi connectivity index (χ1v) is 7.71. The molecule has 2 saturated heterocycles. The van der Waals surface area contributed by atoms with Crippen LogP contribution >= 0.6 is 0 Å². The number of piperidine rings is 2. The van der Waals surface area contributed by atoms with E-state index < -0.39 is 0 Å². The Hall–Kier alpha value is -0.610. The summed E-state index contributed by atoms with van der Waals surface area (Å²) in [6.45, 7) is 7.50. The number of carbonyl (C=O) groups is 1. The lowest BCUT2D eigenvalue weighted by Crippen LogP contribution is -2.43. The van der Waals surface area contributed by atoms with Crippen LogP contribution in [0.25, 0.3) is 0 Å². The molecule has 4 heteroatoms. The van der Waals surface area contributed by atoms with Crippen molar-refractivity contribution in [3.8, 4) is 0 Å². The fourth-order valence-corrected chi connectivity index (χ4v) is 3.62. The second kappa shape index (κ2) is 7.25. The number of hydrogen-bond acceptors (Lipinski definition) is 4. The molecular formula is C15H28N2O2. The highest BCUT2D eigenvalue weighted by Gasteiger charge is 2.29. The highest BCUT2D eigenvalue weighted by Crippen LogP contribution is 2.30. The minimum Gasteiger partial charge on any atom is -0.469 e. The molecule has 0 aromatic rings. The van der Waals surface area contributed by atoms with Gasteiger partial charge in [0.1, 0.15) is 0 Å². The summed E-state index contributed by atoms with van der Waals surface area (Å²) in [6, 6.07) is 0. The van der Waals surface area contributed by atoms with Crippen molar-refractivity contribution in [3.63, 3.8) is 0 Å². The van der Waals surface area contributed by atoms with Gasteiger partial charge in [0.05, 0.1) is 13.0 Å². The monoisotopic (exact) mass is 268 g/mol. The van der Waals surface area contributed by atoms with Gasteiger partial charge < -0.3 is 15.0 Å². The maximum atomic E-state index is 11.5. The van der Waals surface area contributed by atoms with Crippen molar-refractivity contribution in [1.82, 2.24) is 10.2 Å². The number of ether oxygens (including phenoxy) is 1. The zero-order valence-corrected chi connectivity index (χ0v) is 12.4. The van der Waals surface area contributed by atoms with Crippen molar-refractivity contribution in [2.24, 2.45) is 17.8 Å². The van der Waals surface area contributed by atoms with Gasteiger partial charge in [-0.1, -0.05) is 6.92 Å². The Kier molecular flexibility index (Phi) is 5.64. The Bertz CT molecular complexity index is 290. The summed E-state index contributed by atoms with van der Waals surface area (Å²) in [4.78, 5) is 14.0. The van der Waals surface area contributed by atoms with E-state index in [1.54, 1.807) is 0 Å². The van der Waals surface area contributed by atoms with Crippen LogP contribution in [0.4, 0.5) is 0 Å². The van der Waals surface area contributed by atoms with Gasteiger partial charge in [0, 0.05) is 13.1 Å². The molecule has 0 amide bonds. The Labute approximate surface area is 116 Å². The van der Waals surface area contributed by atoms with Gasteiger partial charge in [-0.05, 0) is 57.2 Å². The third kappa shape index (κ3) is 4.18. The Morgan fingerprint density at radius 2 is 2.05 bits per heavy atom. The molecule has 2 fully saturated rings. The van der Waals surface area contributed by atoms with E-state index in [2.05, 4.69) is 10.2 Å². The fourth-order valence-electron chi connectivity index (χ4n) is 3.62. The minimum absolute atomic E-state index is 0.00299. The average molecular weight is 268 g/mol. The van der Waals surface area contributed by atoms with E-state index in [0.717, 1.165) is 24.9 Å². The number of likely N-dealkylation sites (tertiary alicyclic amines) is 1. The molecule has 0 radical (unpaired) electrons. The summed E-state index contributed by atoms with van der Waals surface area (Å²) in [6.07, 6.45) is 5.30. The van der Waals surface area contributed by atoms with Gasteiger partial charge in [0.25, 0.3) is 0 Å². The van der Waals surface area contributed by atoms with Crippen LogP contribution in [0.3, 0.4) is 0 Å². The SMILES string of the molecule is COC(=O)C(C)CN1CCC[C@H](C2CCNCC2)C1. The van der Waals surface area contributed by atoms with Gasteiger partial charge in [0.15, 0.2) is 0 Å².